The Morgan fingerprint density at radius 2 is 2.22 bits per heavy atom. The zero-order valence-corrected chi connectivity index (χ0v) is 5.35. The van der Waals surface area contributed by atoms with Gasteiger partial charge in [0.1, 0.15) is 5.72 Å². The Bertz CT molecular complexity index is 104. The minimum absolute atomic E-state index is 0.0712. The van der Waals surface area contributed by atoms with E-state index in [4.69, 9.17) is 9.47 Å². The van der Waals surface area contributed by atoms with Gasteiger partial charge in [-0.25, -0.2) is 0 Å². The molecule has 2 aliphatic rings. The first kappa shape index (κ1) is 5.65. The number of nitrogens with one attached hydrogen (secondary N) is 1. The van der Waals surface area contributed by atoms with E-state index in [0.717, 1.165) is 32.8 Å². The Labute approximate surface area is 54.3 Å². The van der Waals surface area contributed by atoms with Crippen molar-refractivity contribution in [2.24, 2.45) is 0 Å². The molecule has 0 bridgehead atoms. The van der Waals surface area contributed by atoms with Crippen molar-refractivity contribution in [2.75, 3.05) is 26.4 Å². The second-order valence-electron chi connectivity index (χ2n) is 2.57. The molecule has 1 spiro atoms. The van der Waals surface area contributed by atoms with Crippen molar-refractivity contribution >= 4 is 0 Å². The molecule has 52 valence electrons. The van der Waals surface area contributed by atoms with E-state index in [9.17, 15) is 0 Å². The summed E-state index contributed by atoms with van der Waals surface area (Å²) in [5.74, 6) is 0. The van der Waals surface area contributed by atoms with Crippen LogP contribution in [0.5, 0.6) is 0 Å². The molecule has 2 heterocycles. The third kappa shape index (κ3) is 0.852. The van der Waals surface area contributed by atoms with Crippen LogP contribution in [0.1, 0.15) is 6.42 Å². The number of ether oxygens (including phenoxy) is 2. The maximum atomic E-state index is 5.47. The lowest BCUT2D eigenvalue weighted by Gasteiger charge is -2.44. The summed E-state index contributed by atoms with van der Waals surface area (Å²) < 4.78 is 10.7. The third-order valence-electron chi connectivity index (χ3n) is 1.92. The highest BCUT2D eigenvalue weighted by Crippen LogP contribution is 2.22. The maximum absolute atomic E-state index is 5.47. The molecule has 2 aliphatic heterocycles. The van der Waals surface area contributed by atoms with E-state index in [0.29, 0.717) is 0 Å². The summed E-state index contributed by atoms with van der Waals surface area (Å²) in [7, 11) is 0. The molecular formula is C6H11NO2. The molecule has 0 aromatic carbocycles. The van der Waals surface area contributed by atoms with Gasteiger partial charge in [0.05, 0.1) is 19.8 Å². The zero-order valence-electron chi connectivity index (χ0n) is 5.35. The summed E-state index contributed by atoms with van der Waals surface area (Å²) in [5.41, 5.74) is -0.0712. The molecule has 2 saturated heterocycles. The van der Waals surface area contributed by atoms with Crippen molar-refractivity contribution in [3.8, 4) is 0 Å². The van der Waals surface area contributed by atoms with Crippen molar-refractivity contribution in [2.45, 2.75) is 12.1 Å². The van der Waals surface area contributed by atoms with E-state index in [1.165, 1.54) is 0 Å². The molecule has 0 saturated carbocycles. The molecule has 0 aliphatic carbocycles. The van der Waals surface area contributed by atoms with Crippen LogP contribution in [0.3, 0.4) is 0 Å². The minimum Gasteiger partial charge on any atom is -0.375 e. The first-order chi connectivity index (χ1) is 4.41. The molecule has 1 unspecified atom stereocenters. The average Bonchev–Trinajstić information content (AvgIpc) is 1.87. The van der Waals surface area contributed by atoms with Crippen LogP contribution in [0, 0.1) is 0 Å². The smallest absolute Gasteiger partial charge is 0.144 e. The van der Waals surface area contributed by atoms with E-state index in [-0.39, 0.29) is 5.72 Å². The molecule has 1 atom stereocenters. The van der Waals surface area contributed by atoms with Crippen molar-refractivity contribution in [1.29, 1.82) is 0 Å². The van der Waals surface area contributed by atoms with Crippen LogP contribution < -0.4 is 5.32 Å². The highest BCUT2D eigenvalue weighted by atomic mass is 16.6. The first-order valence-corrected chi connectivity index (χ1v) is 3.38. The van der Waals surface area contributed by atoms with Crippen molar-refractivity contribution < 1.29 is 9.47 Å². The molecule has 9 heavy (non-hydrogen) atoms. The summed E-state index contributed by atoms with van der Waals surface area (Å²) in [5, 5.41) is 3.21. The fourth-order valence-electron chi connectivity index (χ4n) is 1.22. The molecule has 3 heteroatoms. The Morgan fingerprint density at radius 3 is 2.56 bits per heavy atom. The minimum atomic E-state index is -0.0712. The van der Waals surface area contributed by atoms with Crippen molar-refractivity contribution in [3.63, 3.8) is 0 Å². The Balaban J connectivity index is 1.93. The van der Waals surface area contributed by atoms with E-state index < -0.39 is 0 Å². The van der Waals surface area contributed by atoms with E-state index in [1.54, 1.807) is 0 Å². The molecule has 2 fully saturated rings. The molecule has 1 N–H and O–H groups in total. The Kier molecular flexibility index (Phi) is 1.22. The monoisotopic (exact) mass is 129 g/mol. The SMILES string of the molecule is C1CC2(COCCO2)N1. The van der Waals surface area contributed by atoms with Gasteiger partial charge >= 0.3 is 0 Å². The van der Waals surface area contributed by atoms with Crippen LogP contribution in [0.15, 0.2) is 0 Å². The molecule has 3 nitrogen and oxygen atoms in total. The van der Waals surface area contributed by atoms with E-state index >= 15 is 0 Å². The quantitative estimate of drug-likeness (QED) is 0.488. The van der Waals surface area contributed by atoms with Gasteiger partial charge in [-0.15, -0.1) is 0 Å². The number of hydrogen-bond donors (Lipinski definition) is 1. The van der Waals surface area contributed by atoms with Gasteiger partial charge in [0, 0.05) is 13.0 Å². The second-order valence-corrected chi connectivity index (χ2v) is 2.57. The van der Waals surface area contributed by atoms with Gasteiger partial charge in [-0.1, -0.05) is 0 Å². The van der Waals surface area contributed by atoms with E-state index in [2.05, 4.69) is 5.32 Å². The highest BCUT2D eigenvalue weighted by Gasteiger charge is 2.39. The van der Waals surface area contributed by atoms with Gasteiger partial charge in [0.15, 0.2) is 0 Å². The molecule has 0 radical (unpaired) electrons. The van der Waals surface area contributed by atoms with Crippen molar-refractivity contribution in [3.05, 3.63) is 0 Å². The van der Waals surface area contributed by atoms with Crippen LogP contribution in [-0.2, 0) is 9.47 Å². The second kappa shape index (κ2) is 1.94. The predicted molar refractivity (Wildman–Crippen MR) is 32.1 cm³/mol. The molecule has 0 aromatic heterocycles. The van der Waals surface area contributed by atoms with Gasteiger partial charge in [-0.2, -0.15) is 0 Å². The largest absolute Gasteiger partial charge is 0.375 e. The highest BCUT2D eigenvalue weighted by molar-refractivity contribution is 4.89. The predicted octanol–water partition coefficient (Wildman–Crippen LogP) is -0.277. The number of hydrogen-bond acceptors (Lipinski definition) is 3. The van der Waals surface area contributed by atoms with Crippen LogP contribution in [0.2, 0.25) is 0 Å². The van der Waals surface area contributed by atoms with Crippen LogP contribution >= 0.6 is 0 Å². The van der Waals surface area contributed by atoms with Crippen LogP contribution in [0.4, 0.5) is 0 Å². The first-order valence-electron chi connectivity index (χ1n) is 3.38. The van der Waals surface area contributed by atoms with Crippen LogP contribution in [-0.4, -0.2) is 32.1 Å². The third-order valence-corrected chi connectivity index (χ3v) is 1.92. The van der Waals surface area contributed by atoms with Gasteiger partial charge in [0.2, 0.25) is 0 Å². The van der Waals surface area contributed by atoms with Gasteiger partial charge in [-0.3, -0.25) is 5.32 Å². The normalized spacial score (nSPS) is 42.7. The standard InChI is InChI=1S/C6H11NO2/c1-2-7-6(1)5-8-3-4-9-6/h7H,1-5H2. The molecule has 0 amide bonds. The Morgan fingerprint density at radius 1 is 1.33 bits per heavy atom. The average molecular weight is 129 g/mol. The summed E-state index contributed by atoms with van der Waals surface area (Å²) in [6.07, 6.45) is 1.10. The van der Waals surface area contributed by atoms with Gasteiger partial charge in [-0.05, 0) is 0 Å². The van der Waals surface area contributed by atoms with Gasteiger partial charge in [0.25, 0.3) is 0 Å². The molecular weight excluding hydrogens is 118 g/mol. The van der Waals surface area contributed by atoms with Crippen molar-refractivity contribution in [1.82, 2.24) is 5.32 Å². The summed E-state index contributed by atoms with van der Waals surface area (Å²) in [4.78, 5) is 0. The fraction of sp³-hybridized carbons (Fsp3) is 1.00. The lowest BCUT2D eigenvalue weighted by Crippen LogP contribution is -2.63. The maximum Gasteiger partial charge on any atom is 0.144 e. The molecule has 2 rings (SSSR count). The zero-order chi connectivity index (χ0) is 6.16. The van der Waals surface area contributed by atoms with Gasteiger partial charge < -0.3 is 9.47 Å². The Hall–Kier alpha value is -0.120. The summed E-state index contributed by atoms with van der Waals surface area (Å²) in [6.45, 7) is 3.30. The lowest BCUT2D eigenvalue weighted by molar-refractivity contribution is -0.203. The van der Waals surface area contributed by atoms with E-state index in [1.807, 2.05) is 0 Å². The summed E-state index contributed by atoms with van der Waals surface area (Å²) >= 11 is 0. The summed E-state index contributed by atoms with van der Waals surface area (Å²) in [6, 6.07) is 0. The van der Waals surface area contributed by atoms with Crippen LogP contribution in [0.25, 0.3) is 0 Å². The number of rotatable bonds is 0. The lowest BCUT2D eigenvalue weighted by atomic mass is 10.0. The molecule has 0 aromatic rings. The fourth-order valence-corrected chi connectivity index (χ4v) is 1.22. The topological polar surface area (TPSA) is 30.5 Å².